The smallest absolute Gasteiger partial charge is 0.0649 e. The first kappa shape index (κ1) is 7.48. The first-order valence-corrected chi connectivity index (χ1v) is 5.27. The van der Waals surface area contributed by atoms with Crippen LogP contribution in [0.2, 0.25) is 0 Å². The first-order valence-electron chi connectivity index (χ1n) is 2.99. The standard InChI is InChI=1S/C6H11NS2/c1-5-7-3-6(9-5)4-8-2/h6H,3-4H2,1-2H3. The molecule has 0 aromatic rings. The maximum absolute atomic E-state index is 4.30. The second-order valence-corrected chi connectivity index (χ2v) is 4.46. The van der Waals surface area contributed by atoms with E-state index in [9.17, 15) is 0 Å². The van der Waals surface area contributed by atoms with Crippen molar-refractivity contribution in [2.75, 3.05) is 18.6 Å². The molecule has 0 N–H and O–H groups in total. The van der Waals surface area contributed by atoms with E-state index < -0.39 is 0 Å². The van der Waals surface area contributed by atoms with Crippen molar-refractivity contribution >= 4 is 28.6 Å². The van der Waals surface area contributed by atoms with Crippen molar-refractivity contribution in [3.05, 3.63) is 0 Å². The lowest BCUT2D eigenvalue weighted by atomic mass is 10.5. The van der Waals surface area contributed by atoms with Gasteiger partial charge in [0, 0.05) is 11.0 Å². The van der Waals surface area contributed by atoms with E-state index in [0.717, 1.165) is 11.8 Å². The fraction of sp³-hybridized carbons (Fsp3) is 0.833. The maximum Gasteiger partial charge on any atom is 0.0649 e. The van der Waals surface area contributed by atoms with Crippen LogP contribution in [0.3, 0.4) is 0 Å². The second kappa shape index (κ2) is 3.52. The van der Waals surface area contributed by atoms with Crippen LogP contribution in [0.25, 0.3) is 0 Å². The van der Waals surface area contributed by atoms with Gasteiger partial charge in [-0.2, -0.15) is 11.8 Å². The summed E-state index contributed by atoms with van der Waals surface area (Å²) in [7, 11) is 0. The minimum Gasteiger partial charge on any atom is -0.282 e. The Morgan fingerprint density at radius 3 is 3.11 bits per heavy atom. The van der Waals surface area contributed by atoms with Gasteiger partial charge in [-0.3, -0.25) is 4.99 Å². The highest BCUT2D eigenvalue weighted by Gasteiger charge is 2.14. The molecule has 0 aromatic heterocycles. The molecule has 1 unspecified atom stereocenters. The Hall–Kier alpha value is 0.370. The molecule has 0 amide bonds. The number of nitrogens with zero attached hydrogens (tertiary/aromatic N) is 1. The van der Waals surface area contributed by atoms with Gasteiger partial charge in [-0.1, -0.05) is 0 Å². The first-order chi connectivity index (χ1) is 4.33. The zero-order chi connectivity index (χ0) is 6.69. The largest absolute Gasteiger partial charge is 0.282 e. The van der Waals surface area contributed by atoms with E-state index in [2.05, 4.69) is 18.2 Å². The summed E-state index contributed by atoms with van der Waals surface area (Å²) < 4.78 is 0. The van der Waals surface area contributed by atoms with Crippen molar-refractivity contribution in [2.45, 2.75) is 12.2 Å². The van der Waals surface area contributed by atoms with Gasteiger partial charge >= 0.3 is 0 Å². The maximum atomic E-state index is 4.30. The van der Waals surface area contributed by atoms with Crippen LogP contribution in [0.5, 0.6) is 0 Å². The monoisotopic (exact) mass is 161 g/mol. The zero-order valence-electron chi connectivity index (χ0n) is 5.76. The van der Waals surface area contributed by atoms with Gasteiger partial charge in [-0.15, -0.1) is 11.8 Å². The predicted molar refractivity (Wildman–Crippen MR) is 47.7 cm³/mol. The summed E-state index contributed by atoms with van der Waals surface area (Å²) in [6.07, 6.45) is 2.15. The summed E-state index contributed by atoms with van der Waals surface area (Å²) in [5.41, 5.74) is 0. The molecule has 1 heterocycles. The molecule has 9 heavy (non-hydrogen) atoms. The number of hydrogen-bond acceptors (Lipinski definition) is 3. The zero-order valence-corrected chi connectivity index (χ0v) is 7.39. The molecule has 0 spiro atoms. The third kappa shape index (κ3) is 2.22. The van der Waals surface area contributed by atoms with Gasteiger partial charge in [-0.25, -0.2) is 0 Å². The van der Waals surface area contributed by atoms with E-state index in [-0.39, 0.29) is 0 Å². The Kier molecular flexibility index (Phi) is 2.92. The van der Waals surface area contributed by atoms with Crippen molar-refractivity contribution < 1.29 is 0 Å². The Bertz CT molecular complexity index is 122. The Labute approximate surface area is 64.7 Å². The number of aliphatic imine (C=N–C) groups is 1. The molecule has 3 heteroatoms. The Balaban J connectivity index is 2.21. The average molecular weight is 161 g/mol. The van der Waals surface area contributed by atoms with Crippen molar-refractivity contribution in [3.63, 3.8) is 0 Å². The number of thioether (sulfide) groups is 2. The molecular formula is C6H11NS2. The van der Waals surface area contributed by atoms with E-state index in [4.69, 9.17) is 0 Å². The molecule has 1 rings (SSSR count). The molecule has 52 valence electrons. The van der Waals surface area contributed by atoms with Gasteiger partial charge in [-0.05, 0) is 13.2 Å². The lowest BCUT2D eigenvalue weighted by molar-refractivity contribution is 0.988. The molecule has 0 aliphatic carbocycles. The number of rotatable bonds is 2. The van der Waals surface area contributed by atoms with Gasteiger partial charge < -0.3 is 0 Å². The molecule has 0 radical (unpaired) electrons. The highest BCUT2D eigenvalue weighted by molar-refractivity contribution is 8.15. The van der Waals surface area contributed by atoms with Crippen LogP contribution in [0, 0.1) is 0 Å². The van der Waals surface area contributed by atoms with Crippen LogP contribution < -0.4 is 0 Å². The van der Waals surface area contributed by atoms with Crippen LogP contribution >= 0.6 is 23.5 Å². The average Bonchev–Trinajstić information content (AvgIpc) is 2.17. The van der Waals surface area contributed by atoms with Gasteiger partial charge in [0.2, 0.25) is 0 Å². The lowest BCUT2D eigenvalue weighted by Crippen LogP contribution is -2.05. The van der Waals surface area contributed by atoms with E-state index >= 15 is 0 Å². The minimum absolute atomic E-state index is 0.764. The fourth-order valence-electron chi connectivity index (χ4n) is 0.819. The highest BCUT2D eigenvalue weighted by atomic mass is 32.2. The van der Waals surface area contributed by atoms with Crippen LogP contribution in [-0.4, -0.2) is 28.8 Å². The Morgan fingerprint density at radius 1 is 1.89 bits per heavy atom. The minimum atomic E-state index is 0.764. The van der Waals surface area contributed by atoms with E-state index in [1.54, 1.807) is 0 Å². The predicted octanol–water partition coefficient (Wildman–Crippen LogP) is 1.88. The molecule has 0 aromatic carbocycles. The van der Waals surface area contributed by atoms with Crippen LogP contribution in [-0.2, 0) is 0 Å². The van der Waals surface area contributed by atoms with Gasteiger partial charge in [0.25, 0.3) is 0 Å². The molecular weight excluding hydrogens is 150 g/mol. The molecule has 1 aliphatic rings. The summed E-state index contributed by atoms with van der Waals surface area (Å²) in [5, 5.41) is 2.02. The summed E-state index contributed by atoms with van der Waals surface area (Å²) in [5.74, 6) is 1.24. The lowest BCUT2D eigenvalue weighted by Gasteiger charge is -2.02. The topological polar surface area (TPSA) is 12.4 Å². The number of hydrogen-bond donors (Lipinski definition) is 0. The summed E-state index contributed by atoms with van der Waals surface area (Å²) >= 11 is 3.83. The molecule has 0 fully saturated rings. The third-order valence-corrected chi connectivity index (χ3v) is 3.27. The van der Waals surface area contributed by atoms with E-state index in [1.807, 2.05) is 23.5 Å². The van der Waals surface area contributed by atoms with Crippen LogP contribution in [0.15, 0.2) is 4.99 Å². The normalized spacial score (nSPS) is 26.4. The molecule has 1 atom stereocenters. The quantitative estimate of drug-likeness (QED) is 0.613. The van der Waals surface area contributed by atoms with Crippen LogP contribution in [0.4, 0.5) is 0 Å². The molecule has 0 saturated carbocycles. The third-order valence-electron chi connectivity index (χ3n) is 1.21. The summed E-state index contributed by atoms with van der Waals surface area (Å²) in [4.78, 5) is 4.30. The molecule has 0 saturated heterocycles. The SMILES string of the molecule is CSCC1CN=C(C)S1. The highest BCUT2D eigenvalue weighted by Crippen LogP contribution is 2.22. The van der Waals surface area contributed by atoms with E-state index in [0.29, 0.717) is 0 Å². The van der Waals surface area contributed by atoms with Gasteiger partial charge in [0.05, 0.1) is 11.6 Å². The van der Waals surface area contributed by atoms with Gasteiger partial charge in [0.1, 0.15) is 0 Å². The van der Waals surface area contributed by atoms with Crippen LogP contribution in [0.1, 0.15) is 6.92 Å². The second-order valence-electron chi connectivity index (χ2n) is 2.05. The van der Waals surface area contributed by atoms with Crippen molar-refractivity contribution in [1.82, 2.24) is 0 Å². The van der Waals surface area contributed by atoms with Crippen molar-refractivity contribution in [2.24, 2.45) is 4.99 Å². The fourth-order valence-corrected chi connectivity index (χ4v) is 2.76. The summed E-state index contributed by atoms with van der Waals surface area (Å²) in [6.45, 7) is 3.13. The van der Waals surface area contributed by atoms with Gasteiger partial charge in [0.15, 0.2) is 0 Å². The molecule has 1 nitrogen and oxygen atoms in total. The van der Waals surface area contributed by atoms with Crippen molar-refractivity contribution in [1.29, 1.82) is 0 Å². The Morgan fingerprint density at radius 2 is 2.67 bits per heavy atom. The van der Waals surface area contributed by atoms with E-state index in [1.165, 1.54) is 10.8 Å². The molecule has 1 aliphatic heterocycles. The summed E-state index contributed by atoms with van der Waals surface area (Å²) in [6, 6.07) is 0. The molecule has 0 bridgehead atoms. The van der Waals surface area contributed by atoms with Crippen molar-refractivity contribution in [3.8, 4) is 0 Å².